The third kappa shape index (κ3) is 6.80. The number of ether oxygens (including phenoxy) is 1. The summed E-state index contributed by atoms with van der Waals surface area (Å²) in [6.07, 6.45) is -5.62. The number of nitrogens with zero attached hydrogens (tertiary/aromatic N) is 3. The number of nitrogen functional groups attached to an aromatic ring is 1. The van der Waals surface area contributed by atoms with Crippen molar-refractivity contribution < 1.29 is 60.7 Å². The van der Waals surface area contributed by atoms with E-state index in [0.29, 0.717) is 4.57 Å². The zero-order valence-corrected chi connectivity index (χ0v) is 25.2. The lowest BCUT2D eigenvalue weighted by atomic mass is 10.2. The SMILES string of the molecule is CC(C)(C)[Si](C)(C)OC[C@@H]1C[C@H](OS(=O)(=O)C(F)(F)F)[C@H](n2c(=O)sc3c(OS(=O)(=O)C(F)(F)F)nc(N)nc32)O1. The first-order chi connectivity index (χ1) is 18.3. The van der Waals surface area contributed by atoms with Crippen LogP contribution in [0.4, 0.5) is 32.3 Å². The molecule has 1 aliphatic heterocycles. The maximum absolute atomic E-state index is 13.1. The van der Waals surface area contributed by atoms with E-state index in [4.69, 9.17) is 14.9 Å². The number of thiazole rings is 1. The lowest BCUT2D eigenvalue weighted by Gasteiger charge is -2.36. The van der Waals surface area contributed by atoms with Crippen molar-refractivity contribution >= 4 is 56.2 Å². The summed E-state index contributed by atoms with van der Waals surface area (Å²) in [5, 5.41) is -0.303. The molecule has 2 aromatic rings. The van der Waals surface area contributed by atoms with Gasteiger partial charge >= 0.3 is 36.1 Å². The molecule has 1 saturated heterocycles. The van der Waals surface area contributed by atoms with Gasteiger partial charge in [-0.15, -0.1) is 0 Å². The zero-order chi connectivity index (χ0) is 31.6. The molecule has 0 aromatic carbocycles. The van der Waals surface area contributed by atoms with Crippen LogP contribution in [-0.2, 0) is 33.6 Å². The predicted octanol–water partition coefficient (Wildman–Crippen LogP) is 3.21. The smallest absolute Gasteiger partial charge is 0.414 e. The number of hydrogen-bond donors (Lipinski definition) is 1. The van der Waals surface area contributed by atoms with Crippen LogP contribution in [0.15, 0.2) is 4.79 Å². The molecule has 0 spiro atoms. The van der Waals surface area contributed by atoms with Gasteiger partial charge in [0.1, 0.15) is 10.8 Å². The lowest BCUT2D eigenvalue weighted by molar-refractivity contribution is -0.0691. The van der Waals surface area contributed by atoms with E-state index < -0.39 is 91.5 Å². The average molecular weight is 679 g/mol. The first kappa shape index (κ1) is 33.4. The van der Waals surface area contributed by atoms with Crippen LogP contribution in [0.25, 0.3) is 10.3 Å². The fourth-order valence-electron chi connectivity index (χ4n) is 3.21. The Bertz CT molecular complexity index is 1580. The second kappa shape index (κ2) is 10.6. The topological polar surface area (TPSA) is 179 Å². The molecule has 1 aliphatic rings. The average Bonchev–Trinajstić information content (AvgIpc) is 3.28. The highest BCUT2D eigenvalue weighted by Gasteiger charge is 2.53. The van der Waals surface area contributed by atoms with Gasteiger partial charge in [-0.05, 0) is 18.1 Å². The molecule has 0 unspecified atom stereocenters. The molecule has 0 saturated carbocycles. The second-order valence-corrected chi connectivity index (χ2v) is 19.1. The van der Waals surface area contributed by atoms with Crippen LogP contribution in [0.2, 0.25) is 18.1 Å². The van der Waals surface area contributed by atoms with Crippen molar-refractivity contribution in [2.75, 3.05) is 12.3 Å². The monoisotopic (exact) mass is 678 g/mol. The van der Waals surface area contributed by atoms with Crippen LogP contribution in [0, 0.1) is 0 Å². The van der Waals surface area contributed by atoms with Crippen molar-refractivity contribution in [1.29, 1.82) is 0 Å². The zero-order valence-electron chi connectivity index (χ0n) is 21.7. The van der Waals surface area contributed by atoms with Gasteiger partial charge in [0, 0.05) is 6.42 Å². The minimum atomic E-state index is -6.30. The molecule has 3 atom stereocenters. The molecule has 23 heteroatoms. The molecule has 0 aliphatic carbocycles. The van der Waals surface area contributed by atoms with Gasteiger partial charge in [0.25, 0.3) is 5.88 Å². The van der Waals surface area contributed by atoms with Gasteiger partial charge in [-0.2, -0.15) is 53.1 Å². The number of alkyl halides is 6. The number of nitrogens with two attached hydrogens (primary N) is 1. The summed E-state index contributed by atoms with van der Waals surface area (Å²) < 4.78 is 145. The van der Waals surface area contributed by atoms with Crippen molar-refractivity contribution in [3.8, 4) is 5.88 Å². The Morgan fingerprint density at radius 3 is 2.12 bits per heavy atom. The van der Waals surface area contributed by atoms with E-state index in [0.717, 1.165) is 0 Å². The van der Waals surface area contributed by atoms with Gasteiger partial charge in [-0.25, -0.2) is 0 Å². The molecule has 13 nitrogen and oxygen atoms in total. The molecule has 0 amide bonds. The van der Waals surface area contributed by atoms with Gasteiger partial charge in [-0.1, -0.05) is 32.1 Å². The summed E-state index contributed by atoms with van der Waals surface area (Å²) in [5.41, 5.74) is -7.00. The Hall–Kier alpha value is -2.05. The number of hydrogen-bond acceptors (Lipinski definition) is 13. The molecular formula is C18H24F6N4O9S3Si. The largest absolute Gasteiger partial charge is 0.534 e. The molecule has 2 N–H and O–H groups in total. The molecule has 41 heavy (non-hydrogen) atoms. The Morgan fingerprint density at radius 2 is 1.61 bits per heavy atom. The van der Waals surface area contributed by atoms with Gasteiger partial charge in [-0.3, -0.25) is 13.5 Å². The van der Waals surface area contributed by atoms with Crippen LogP contribution >= 0.6 is 11.3 Å². The number of rotatable bonds is 8. The van der Waals surface area contributed by atoms with E-state index in [2.05, 4.69) is 18.3 Å². The molecular weight excluding hydrogens is 654 g/mol. The van der Waals surface area contributed by atoms with E-state index in [1.807, 2.05) is 33.9 Å². The summed E-state index contributed by atoms with van der Waals surface area (Å²) in [4.78, 5) is 18.7. The highest BCUT2D eigenvalue weighted by molar-refractivity contribution is 7.88. The lowest BCUT2D eigenvalue weighted by Crippen LogP contribution is -2.42. The molecule has 0 radical (unpaired) electrons. The molecule has 3 rings (SSSR count). The van der Waals surface area contributed by atoms with Crippen LogP contribution in [0.3, 0.4) is 0 Å². The fourth-order valence-corrected chi connectivity index (χ4v) is 6.21. The van der Waals surface area contributed by atoms with Crippen molar-refractivity contribution in [3.05, 3.63) is 9.67 Å². The number of fused-ring (bicyclic) bond motifs is 1. The summed E-state index contributed by atoms with van der Waals surface area (Å²) in [5.74, 6) is -2.20. The van der Waals surface area contributed by atoms with E-state index in [-0.39, 0.29) is 23.0 Å². The quantitative estimate of drug-likeness (QED) is 0.187. The molecule has 3 heterocycles. The highest BCUT2D eigenvalue weighted by atomic mass is 32.2. The van der Waals surface area contributed by atoms with Gasteiger partial charge in [0.05, 0.1) is 12.7 Å². The summed E-state index contributed by atoms with van der Waals surface area (Å²) in [6.45, 7) is 9.17. The van der Waals surface area contributed by atoms with Crippen molar-refractivity contribution in [2.45, 2.75) is 74.8 Å². The Kier molecular flexibility index (Phi) is 8.64. The van der Waals surface area contributed by atoms with E-state index in [1.165, 1.54) is 0 Å². The molecule has 2 aromatic heterocycles. The van der Waals surface area contributed by atoms with Crippen molar-refractivity contribution in [2.24, 2.45) is 0 Å². The highest BCUT2D eigenvalue weighted by Crippen LogP contribution is 2.41. The van der Waals surface area contributed by atoms with Crippen LogP contribution < -0.4 is 14.8 Å². The van der Waals surface area contributed by atoms with Crippen LogP contribution in [0.1, 0.15) is 33.4 Å². The maximum Gasteiger partial charge on any atom is 0.534 e. The van der Waals surface area contributed by atoms with Crippen molar-refractivity contribution in [1.82, 2.24) is 14.5 Å². The standard InChI is InChI=1S/C18H24F6N4O9S3Si/c1-16(2,3)41(4,5)34-7-8-6-9(36-39(30,31)17(19,20)21)13(35-8)28-11-10(38-15(28)29)12(27-14(25)26-11)37-40(32,33)18(22,23)24/h8-9,13H,6-7H2,1-5H3,(H2,25,26,27)/t8-,9-,13+/m0/s1. The molecule has 0 bridgehead atoms. The van der Waals surface area contributed by atoms with Gasteiger partial charge in [0.15, 0.2) is 20.2 Å². The minimum absolute atomic E-state index is 0.0385. The summed E-state index contributed by atoms with van der Waals surface area (Å²) in [7, 11) is -15.0. The fraction of sp³-hybridized carbons (Fsp3) is 0.722. The molecule has 234 valence electrons. The summed E-state index contributed by atoms with van der Waals surface area (Å²) >= 11 is 0.0385. The van der Waals surface area contributed by atoms with E-state index in [1.54, 1.807) is 0 Å². The Morgan fingerprint density at radius 1 is 1.05 bits per heavy atom. The Balaban J connectivity index is 2.10. The van der Waals surface area contributed by atoms with Crippen molar-refractivity contribution in [3.63, 3.8) is 0 Å². The predicted molar refractivity (Wildman–Crippen MR) is 133 cm³/mol. The third-order valence-electron chi connectivity index (χ3n) is 6.29. The first-order valence-corrected chi connectivity index (χ1v) is 17.8. The minimum Gasteiger partial charge on any atom is -0.414 e. The first-order valence-electron chi connectivity index (χ1n) is 11.3. The third-order valence-corrected chi connectivity index (χ3v) is 13.7. The van der Waals surface area contributed by atoms with E-state index in [9.17, 15) is 48.0 Å². The Labute approximate surface area is 233 Å². The van der Waals surface area contributed by atoms with Gasteiger partial charge < -0.3 is 19.1 Å². The second-order valence-electron chi connectivity index (χ2n) is 10.3. The maximum atomic E-state index is 13.1. The van der Waals surface area contributed by atoms with E-state index >= 15 is 0 Å². The number of anilines is 1. The normalized spacial score (nSPS) is 21.5. The number of aromatic nitrogens is 3. The van der Waals surface area contributed by atoms with Gasteiger partial charge in [0.2, 0.25) is 5.95 Å². The van der Waals surface area contributed by atoms with Crippen LogP contribution in [0.5, 0.6) is 5.88 Å². The number of halogens is 6. The summed E-state index contributed by atoms with van der Waals surface area (Å²) in [6, 6.07) is 0. The molecule has 1 fully saturated rings. The van der Waals surface area contributed by atoms with Crippen LogP contribution in [-0.4, -0.2) is 69.5 Å².